The second-order valence-corrected chi connectivity index (χ2v) is 7.01. The van der Waals surface area contributed by atoms with Crippen molar-refractivity contribution in [2.45, 2.75) is 66.5 Å². The Morgan fingerprint density at radius 3 is 2.56 bits per heavy atom. The largest absolute Gasteiger partial charge is 0.355 e. The minimum atomic E-state index is 0.0740. The van der Waals surface area contributed by atoms with Gasteiger partial charge in [-0.25, -0.2) is 9.50 Å². The summed E-state index contributed by atoms with van der Waals surface area (Å²) in [6.07, 6.45) is 2.61. The van der Waals surface area contributed by atoms with Gasteiger partial charge in [-0.05, 0) is 53.5 Å². The van der Waals surface area contributed by atoms with E-state index in [9.17, 15) is 4.79 Å². The van der Waals surface area contributed by atoms with Gasteiger partial charge in [0.2, 0.25) is 5.91 Å². The number of hydrogen-bond acceptors (Lipinski definition) is 5. The second-order valence-electron chi connectivity index (χ2n) is 7.01. The van der Waals surface area contributed by atoms with Gasteiger partial charge in [0.1, 0.15) is 6.33 Å². The second kappa shape index (κ2) is 8.38. The van der Waals surface area contributed by atoms with Gasteiger partial charge in [0.15, 0.2) is 0 Å². The average Bonchev–Trinajstić information content (AvgIpc) is 2.98. The van der Waals surface area contributed by atoms with Crippen molar-refractivity contribution in [1.29, 1.82) is 0 Å². The van der Waals surface area contributed by atoms with Crippen molar-refractivity contribution < 1.29 is 4.79 Å². The number of aryl methyl sites for hydroxylation is 2. The summed E-state index contributed by atoms with van der Waals surface area (Å²) in [5, 5.41) is 7.21. The normalized spacial score (nSPS) is 11.9. The number of nitrogens with zero attached hydrogens (tertiary/aromatic N) is 5. The van der Waals surface area contributed by atoms with Gasteiger partial charge >= 0.3 is 0 Å². The lowest BCUT2D eigenvalue weighted by Gasteiger charge is -2.30. The minimum absolute atomic E-state index is 0.0740. The van der Waals surface area contributed by atoms with Crippen molar-refractivity contribution >= 4 is 11.7 Å². The van der Waals surface area contributed by atoms with E-state index in [1.807, 2.05) is 13.8 Å². The average molecular weight is 346 g/mol. The van der Waals surface area contributed by atoms with Crippen LogP contribution in [0.15, 0.2) is 6.33 Å². The minimum Gasteiger partial charge on any atom is -0.355 e. The van der Waals surface area contributed by atoms with Crippen LogP contribution in [0.3, 0.4) is 0 Å². The van der Waals surface area contributed by atoms with Crippen LogP contribution in [0, 0.1) is 13.8 Å². The van der Waals surface area contributed by atoms with E-state index in [0.29, 0.717) is 37.2 Å². The van der Waals surface area contributed by atoms with Crippen molar-refractivity contribution in [3.05, 3.63) is 23.3 Å². The molecule has 0 aliphatic carbocycles. The van der Waals surface area contributed by atoms with Crippen LogP contribution in [0.5, 0.6) is 0 Å². The molecule has 2 aromatic heterocycles. The van der Waals surface area contributed by atoms with Gasteiger partial charge < -0.3 is 5.32 Å². The number of fused-ring (bicyclic) bond motifs is 1. The van der Waals surface area contributed by atoms with Crippen molar-refractivity contribution in [3.8, 4) is 0 Å². The van der Waals surface area contributed by atoms with Crippen LogP contribution >= 0.6 is 0 Å². The SMILES string of the molecule is Cc1nc2ncnn2c(C)c1CCC(=O)NCCN(C(C)C)C(C)C. The van der Waals surface area contributed by atoms with E-state index in [1.54, 1.807) is 4.52 Å². The number of amides is 1. The highest BCUT2D eigenvalue weighted by atomic mass is 16.1. The summed E-state index contributed by atoms with van der Waals surface area (Å²) in [6.45, 7) is 14.2. The highest BCUT2D eigenvalue weighted by Crippen LogP contribution is 2.14. The fourth-order valence-electron chi connectivity index (χ4n) is 3.28. The number of nitrogens with one attached hydrogen (secondary N) is 1. The molecule has 25 heavy (non-hydrogen) atoms. The van der Waals surface area contributed by atoms with Crippen molar-refractivity contribution in [1.82, 2.24) is 29.8 Å². The Morgan fingerprint density at radius 2 is 1.92 bits per heavy atom. The van der Waals surface area contributed by atoms with E-state index in [-0.39, 0.29) is 5.91 Å². The predicted molar refractivity (Wildman–Crippen MR) is 98.6 cm³/mol. The van der Waals surface area contributed by atoms with Crippen LogP contribution in [-0.4, -0.2) is 55.6 Å². The standard InChI is InChI=1S/C18H30N6O/c1-12(2)23(13(3)4)10-9-19-17(25)8-7-16-14(5)22-18-20-11-21-24(18)15(16)6/h11-13H,7-10H2,1-6H3,(H,19,25). The third-order valence-electron chi connectivity index (χ3n) is 4.61. The van der Waals surface area contributed by atoms with Crippen molar-refractivity contribution in [2.75, 3.05) is 13.1 Å². The first-order valence-electron chi connectivity index (χ1n) is 8.99. The monoisotopic (exact) mass is 346 g/mol. The molecule has 7 nitrogen and oxygen atoms in total. The van der Waals surface area contributed by atoms with Crippen LogP contribution in [0.2, 0.25) is 0 Å². The maximum absolute atomic E-state index is 12.2. The van der Waals surface area contributed by atoms with Crippen LogP contribution in [-0.2, 0) is 11.2 Å². The summed E-state index contributed by atoms with van der Waals surface area (Å²) in [6, 6.07) is 0.949. The molecule has 0 bridgehead atoms. The maximum Gasteiger partial charge on any atom is 0.252 e. The summed E-state index contributed by atoms with van der Waals surface area (Å²) in [5.41, 5.74) is 2.98. The molecule has 0 aliphatic rings. The highest BCUT2D eigenvalue weighted by Gasteiger charge is 2.14. The molecule has 1 amide bonds. The Kier molecular flexibility index (Phi) is 6.47. The summed E-state index contributed by atoms with van der Waals surface area (Å²) in [5.74, 6) is 0.676. The summed E-state index contributed by atoms with van der Waals surface area (Å²) in [4.78, 5) is 23.1. The third kappa shape index (κ3) is 4.75. The zero-order valence-corrected chi connectivity index (χ0v) is 16.2. The molecule has 2 aromatic rings. The number of rotatable bonds is 8. The Hall–Kier alpha value is -2.02. The highest BCUT2D eigenvalue weighted by molar-refractivity contribution is 5.76. The maximum atomic E-state index is 12.2. The number of carbonyl (C=O) groups excluding carboxylic acids is 1. The first kappa shape index (κ1) is 19.3. The van der Waals surface area contributed by atoms with E-state index in [2.05, 4.69) is 53.0 Å². The molecular formula is C18H30N6O. The Morgan fingerprint density at radius 1 is 1.24 bits per heavy atom. The molecule has 2 heterocycles. The van der Waals surface area contributed by atoms with Gasteiger partial charge in [-0.2, -0.15) is 10.1 Å². The van der Waals surface area contributed by atoms with Gasteiger partial charge in [0, 0.05) is 43.0 Å². The lowest BCUT2D eigenvalue weighted by atomic mass is 10.1. The molecule has 2 rings (SSSR count). The van der Waals surface area contributed by atoms with Gasteiger partial charge in [-0.15, -0.1) is 0 Å². The number of carbonyl (C=O) groups is 1. The van der Waals surface area contributed by atoms with Crippen LogP contribution in [0.4, 0.5) is 0 Å². The zero-order chi connectivity index (χ0) is 18.6. The van der Waals surface area contributed by atoms with Crippen molar-refractivity contribution in [2.24, 2.45) is 0 Å². The van der Waals surface area contributed by atoms with E-state index >= 15 is 0 Å². The molecule has 0 radical (unpaired) electrons. The molecule has 0 spiro atoms. The first-order chi connectivity index (χ1) is 11.8. The number of hydrogen-bond donors (Lipinski definition) is 1. The molecule has 0 saturated carbocycles. The Labute approximate surface area is 149 Å². The van der Waals surface area contributed by atoms with E-state index in [0.717, 1.165) is 23.5 Å². The van der Waals surface area contributed by atoms with Crippen LogP contribution in [0.1, 0.15) is 51.1 Å². The predicted octanol–water partition coefficient (Wildman–Crippen LogP) is 1.91. The summed E-state index contributed by atoms with van der Waals surface area (Å²) >= 11 is 0. The summed E-state index contributed by atoms with van der Waals surface area (Å²) in [7, 11) is 0. The lowest BCUT2D eigenvalue weighted by Crippen LogP contribution is -2.42. The van der Waals surface area contributed by atoms with Gasteiger partial charge in [-0.3, -0.25) is 9.69 Å². The molecule has 7 heteroatoms. The molecular weight excluding hydrogens is 316 g/mol. The molecule has 1 N–H and O–H groups in total. The van der Waals surface area contributed by atoms with Gasteiger partial charge in [0.25, 0.3) is 5.78 Å². The molecule has 0 fully saturated rings. The number of aromatic nitrogens is 4. The fraction of sp³-hybridized carbons (Fsp3) is 0.667. The zero-order valence-electron chi connectivity index (χ0n) is 16.2. The van der Waals surface area contributed by atoms with Crippen LogP contribution in [0.25, 0.3) is 5.78 Å². The third-order valence-corrected chi connectivity index (χ3v) is 4.61. The van der Waals surface area contributed by atoms with Crippen LogP contribution < -0.4 is 5.32 Å². The van der Waals surface area contributed by atoms with Gasteiger partial charge in [-0.1, -0.05) is 0 Å². The topological polar surface area (TPSA) is 75.4 Å². The van der Waals surface area contributed by atoms with E-state index < -0.39 is 0 Å². The van der Waals surface area contributed by atoms with E-state index in [1.165, 1.54) is 6.33 Å². The molecule has 0 unspecified atom stereocenters. The summed E-state index contributed by atoms with van der Waals surface area (Å²) < 4.78 is 1.73. The van der Waals surface area contributed by atoms with Gasteiger partial charge in [0.05, 0.1) is 0 Å². The molecule has 0 saturated heterocycles. The lowest BCUT2D eigenvalue weighted by molar-refractivity contribution is -0.121. The molecule has 0 aromatic carbocycles. The first-order valence-corrected chi connectivity index (χ1v) is 8.99. The smallest absolute Gasteiger partial charge is 0.252 e. The molecule has 0 aliphatic heterocycles. The molecule has 138 valence electrons. The van der Waals surface area contributed by atoms with Crippen molar-refractivity contribution in [3.63, 3.8) is 0 Å². The Bertz CT molecular complexity index is 714. The fourth-order valence-corrected chi connectivity index (χ4v) is 3.28. The Balaban J connectivity index is 1.88. The molecule has 0 atom stereocenters. The quantitative estimate of drug-likeness (QED) is 0.790. The van der Waals surface area contributed by atoms with E-state index in [4.69, 9.17) is 0 Å².